The lowest BCUT2D eigenvalue weighted by Crippen LogP contribution is -2.24. The van der Waals surface area contributed by atoms with Crippen LogP contribution in [0.15, 0.2) is 77.9 Å². The van der Waals surface area contributed by atoms with E-state index >= 15 is 0 Å². The average molecular weight is 404 g/mol. The molecule has 0 atom stereocenters. The molecule has 0 aromatic heterocycles. The molecule has 0 unspecified atom stereocenters. The number of nitrogens with one attached hydrogen (secondary N) is 1. The van der Waals surface area contributed by atoms with Crippen LogP contribution in [0.4, 0.5) is 0 Å². The summed E-state index contributed by atoms with van der Waals surface area (Å²) in [7, 11) is 1.55. The third-order valence-electron chi connectivity index (χ3n) is 4.24. The standard InChI is InChI=1S/C24H24N2O4/c1-18-7-9-20(10-8-18)16-29-21-13-11-19(12-14-21)15-25-26-24(27)17-30-23-6-4-3-5-22(23)28-2/h3-15H,16-17H2,1-2H3,(H,26,27)/b25-15+. The first-order valence-electron chi connectivity index (χ1n) is 9.50. The largest absolute Gasteiger partial charge is 0.493 e. The van der Waals surface area contributed by atoms with E-state index in [0.717, 1.165) is 16.9 Å². The fourth-order valence-electron chi connectivity index (χ4n) is 2.59. The van der Waals surface area contributed by atoms with Gasteiger partial charge in [-0.3, -0.25) is 4.79 Å². The van der Waals surface area contributed by atoms with Gasteiger partial charge in [0.05, 0.1) is 13.3 Å². The van der Waals surface area contributed by atoms with E-state index in [1.165, 1.54) is 5.56 Å². The monoisotopic (exact) mass is 404 g/mol. The molecule has 0 bridgehead atoms. The highest BCUT2D eigenvalue weighted by atomic mass is 16.5. The highest BCUT2D eigenvalue weighted by molar-refractivity contribution is 5.83. The predicted molar refractivity (Wildman–Crippen MR) is 116 cm³/mol. The molecular weight excluding hydrogens is 380 g/mol. The fourth-order valence-corrected chi connectivity index (χ4v) is 2.59. The molecule has 0 aliphatic rings. The molecule has 154 valence electrons. The van der Waals surface area contributed by atoms with Gasteiger partial charge in [0.25, 0.3) is 5.91 Å². The number of hydrogen-bond donors (Lipinski definition) is 1. The minimum Gasteiger partial charge on any atom is -0.493 e. The summed E-state index contributed by atoms with van der Waals surface area (Å²) in [6.45, 7) is 2.40. The maximum absolute atomic E-state index is 11.9. The summed E-state index contributed by atoms with van der Waals surface area (Å²) in [6.07, 6.45) is 1.56. The van der Waals surface area contributed by atoms with Gasteiger partial charge in [-0.25, -0.2) is 5.43 Å². The van der Waals surface area contributed by atoms with Gasteiger partial charge >= 0.3 is 0 Å². The van der Waals surface area contributed by atoms with Gasteiger partial charge < -0.3 is 14.2 Å². The normalized spacial score (nSPS) is 10.6. The minimum atomic E-state index is -0.366. The Morgan fingerprint density at radius 1 is 0.933 bits per heavy atom. The van der Waals surface area contributed by atoms with E-state index in [9.17, 15) is 4.79 Å². The summed E-state index contributed by atoms with van der Waals surface area (Å²) in [6, 6.07) is 22.8. The van der Waals surface area contributed by atoms with Crippen molar-refractivity contribution in [2.75, 3.05) is 13.7 Å². The van der Waals surface area contributed by atoms with E-state index in [1.807, 2.05) is 36.4 Å². The van der Waals surface area contributed by atoms with E-state index in [2.05, 4.69) is 41.7 Å². The van der Waals surface area contributed by atoms with Gasteiger partial charge in [0.1, 0.15) is 12.4 Å². The van der Waals surface area contributed by atoms with E-state index < -0.39 is 0 Å². The number of para-hydroxylation sites is 2. The van der Waals surface area contributed by atoms with Crippen LogP contribution in [-0.4, -0.2) is 25.8 Å². The summed E-state index contributed by atoms with van der Waals surface area (Å²) in [5.74, 6) is 1.47. The second kappa shape index (κ2) is 10.7. The van der Waals surface area contributed by atoms with Crippen molar-refractivity contribution in [1.82, 2.24) is 5.43 Å². The van der Waals surface area contributed by atoms with Crippen LogP contribution in [0.25, 0.3) is 0 Å². The van der Waals surface area contributed by atoms with Gasteiger partial charge in [-0.2, -0.15) is 5.10 Å². The zero-order chi connectivity index (χ0) is 21.2. The highest BCUT2D eigenvalue weighted by Gasteiger charge is 2.06. The Labute approximate surface area is 176 Å². The fraction of sp³-hybridized carbons (Fsp3) is 0.167. The van der Waals surface area contributed by atoms with Gasteiger partial charge in [0, 0.05) is 0 Å². The van der Waals surface area contributed by atoms with Crippen molar-refractivity contribution in [3.05, 3.63) is 89.5 Å². The Bertz CT molecular complexity index is 983. The molecule has 0 aliphatic heterocycles. The summed E-state index contributed by atoms with van der Waals surface area (Å²) in [4.78, 5) is 11.9. The van der Waals surface area contributed by atoms with Crippen molar-refractivity contribution in [3.63, 3.8) is 0 Å². The second-order valence-corrected chi connectivity index (χ2v) is 6.58. The Hall–Kier alpha value is -3.80. The number of carbonyl (C=O) groups is 1. The van der Waals surface area contributed by atoms with Crippen molar-refractivity contribution < 1.29 is 19.0 Å². The predicted octanol–water partition coefficient (Wildman–Crippen LogP) is 4.11. The van der Waals surface area contributed by atoms with E-state index in [0.29, 0.717) is 18.1 Å². The molecule has 6 nitrogen and oxygen atoms in total. The van der Waals surface area contributed by atoms with Gasteiger partial charge in [-0.05, 0) is 54.4 Å². The van der Waals surface area contributed by atoms with Gasteiger partial charge in [-0.15, -0.1) is 0 Å². The van der Waals surface area contributed by atoms with Crippen LogP contribution in [0.1, 0.15) is 16.7 Å². The van der Waals surface area contributed by atoms with Crippen LogP contribution in [0, 0.1) is 6.92 Å². The number of methoxy groups -OCH3 is 1. The first-order chi connectivity index (χ1) is 14.6. The molecule has 0 aliphatic carbocycles. The number of carbonyl (C=O) groups excluding carboxylic acids is 1. The molecule has 1 amide bonds. The van der Waals surface area contributed by atoms with Crippen LogP contribution < -0.4 is 19.6 Å². The van der Waals surface area contributed by atoms with Crippen LogP contribution in [0.5, 0.6) is 17.2 Å². The number of ether oxygens (including phenoxy) is 3. The van der Waals surface area contributed by atoms with Crippen molar-refractivity contribution in [1.29, 1.82) is 0 Å². The Kier molecular flexibility index (Phi) is 7.44. The van der Waals surface area contributed by atoms with E-state index in [4.69, 9.17) is 14.2 Å². The minimum absolute atomic E-state index is 0.163. The Balaban J connectivity index is 1.43. The molecule has 0 radical (unpaired) electrons. The Morgan fingerprint density at radius 3 is 2.33 bits per heavy atom. The van der Waals surface area contributed by atoms with Crippen LogP contribution >= 0.6 is 0 Å². The van der Waals surface area contributed by atoms with Crippen molar-refractivity contribution in [2.45, 2.75) is 13.5 Å². The maximum Gasteiger partial charge on any atom is 0.277 e. The summed E-state index contributed by atoms with van der Waals surface area (Å²) in [5, 5.41) is 3.95. The first-order valence-corrected chi connectivity index (χ1v) is 9.50. The summed E-state index contributed by atoms with van der Waals surface area (Å²) >= 11 is 0. The first kappa shape index (κ1) is 20.9. The third-order valence-corrected chi connectivity index (χ3v) is 4.24. The number of benzene rings is 3. The highest BCUT2D eigenvalue weighted by Crippen LogP contribution is 2.25. The van der Waals surface area contributed by atoms with Crippen molar-refractivity contribution >= 4 is 12.1 Å². The van der Waals surface area contributed by atoms with Crippen molar-refractivity contribution in [2.24, 2.45) is 5.10 Å². The molecule has 6 heteroatoms. The molecule has 3 aromatic rings. The smallest absolute Gasteiger partial charge is 0.277 e. The molecule has 0 fully saturated rings. The number of hydrazone groups is 1. The molecule has 0 saturated heterocycles. The lowest BCUT2D eigenvalue weighted by atomic mass is 10.2. The SMILES string of the molecule is COc1ccccc1OCC(=O)N/N=C/c1ccc(OCc2ccc(C)cc2)cc1. The van der Waals surface area contributed by atoms with Crippen LogP contribution in [-0.2, 0) is 11.4 Å². The van der Waals surface area contributed by atoms with Crippen LogP contribution in [0.3, 0.4) is 0 Å². The van der Waals surface area contributed by atoms with Crippen molar-refractivity contribution in [3.8, 4) is 17.2 Å². The number of hydrogen-bond acceptors (Lipinski definition) is 5. The molecule has 0 heterocycles. The lowest BCUT2D eigenvalue weighted by molar-refractivity contribution is -0.123. The topological polar surface area (TPSA) is 69.2 Å². The third kappa shape index (κ3) is 6.38. The molecule has 1 N–H and O–H groups in total. The zero-order valence-electron chi connectivity index (χ0n) is 17.0. The van der Waals surface area contributed by atoms with Gasteiger partial charge in [-0.1, -0.05) is 42.0 Å². The Morgan fingerprint density at radius 2 is 1.63 bits per heavy atom. The molecule has 0 spiro atoms. The zero-order valence-corrected chi connectivity index (χ0v) is 17.0. The number of aryl methyl sites for hydroxylation is 1. The molecular formula is C24H24N2O4. The van der Waals surface area contributed by atoms with E-state index in [1.54, 1.807) is 25.5 Å². The summed E-state index contributed by atoms with van der Waals surface area (Å²) in [5.41, 5.74) is 5.61. The summed E-state index contributed by atoms with van der Waals surface area (Å²) < 4.78 is 16.4. The molecule has 0 saturated carbocycles. The molecule has 30 heavy (non-hydrogen) atoms. The maximum atomic E-state index is 11.9. The number of nitrogens with zero attached hydrogens (tertiary/aromatic N) is 1. The van der Waals surface area contributed by atoms with Crippen LogP contribution in [0.2, 0.25) is 0 Å². The van der Waals surface area contributed by atoms with E-state index in [-0.39, 0.29) is 12.5 Å². The lowest BCUT2D eigenvalue weighted by Gasteiger charge is -2.09. The molecule has 3 rings (SSSR count). The molecule has 3 aromatic carbocycles. The number of rotatable bonds is 9. The quantitative estimate of drug-likeness (QED) is 0.430. The van der Waals surface area contributed by atoms with Gasteiger partial charge in [0.2, 0.25) is 0 Å². The second-order valence-electron chi connectivity index (χ2n) is 6.58. The number of amides is 1. The average Bonchev–Trinajstić information content (AvgIpc) is 2.78. The van der Waals surface area contributed by atoms with Gasteiger partial charge in [0.15, 0.2) is 18.1 Å².